The van der Waals surface area contributed by atoms with Gasteiger partial charge in [-0.3, -0.25) is 14.7 Å². The fourth-order valence-corrected chi connectivity index (χ4v) is 3.00. The molecule has 1 aliphatic rings. The van der Waals surface area contributed by atoms with Crippen molar-refractivity contribution in [2.45, 2.75) is 12.3 Å². The lowest BCUT2D eigenvalue weighted by molar-refractivity contribution is -0.142. The molecule has 146 valence electrons. The molecule has 6 nitrogen and oxygen atoms in total. The van der Waals surface area contributed by atoms with Crippen LogP contribution in [-0.4, -0.2) is 64.9 Å². The van der Waals surface area contributed by atoms with E-state index in [-0.39, 0.29) is 37.0 Å². The van der Waals surface area contributed by atoms with Crippen LogP contribution in [0.1, 0.15) is 0 Å². The number of hydrogen-bond donors (Lipinski definition) is 1. The third-order valence-corrected chi connectivity index (χ3v) is 4.57. The van der Waals surface area contributed by atoms with Gasteiger partial charge in [0.1, 0.15) is 10.8 Å². The molecule has 0 amide bonds. The SMILES string of the molecule is O=c1[nH]c(-c2ccncc2)nc(N2CCN(CC(F)(F)C(F)F)CC2)c1Cl. The standard InChI is InChI=1S/C16H16ClF4N5O/c17-11-13(23-12(24-14(11)27)10-1-3-22-4-2-10)26-7-5-25(6-8-26)9-16(20,21)15(18)19/h1-4,15H,5-9H2,(H,23,24,27). The van der Waals surface area contributed by atoms with Gasteiger partial charge in [0.15, 0.2) is 5.82 Å². The molecule has 0 saturated carbocycles. The van der Waals surface area contributed by atoms with Gasteiger partial charge in [0.25, 0.3) is 5.56 Å². The summed E-state index contributed by atoms with van der Waals surface area (Å²) in [6.07, 6.45) is -0.612. The first-order valence-electron chi connectivity index (χ1n) is 8.11. The van der Waals surface area contributed by atoms with E-state index in [1.54, 1.807) is 29.4 Å². The van der Waals surface area contributed by atoms with Gasteiger partial charge in [-0.1, -0.05) is 11.6 Å². The first-order chi connectivity index (χ1) is 12.8. The van der Waals surface area contributed by atoms with E-state index in [1.165, 1.54) is 4.90 Å². The Hall–Kier alpha value is -2.20. The average molecular weight is 406 g/mol. The Labute approximate surface area is 156 Å². The second-order valence-electron chi connectivity index (χ2n) is 6.11. The predicted molar refractivity (Wildman–Crippen MR) is 92.7 cm³/mol. The fourth-order valence-electron chi connectivity index (χ4n) is 2.79. The van der Waals surface area contributed by atoms with Gasteiger partial charge in [-0.15, -0.1) is 0 Å². The van der Waals surface area contributed by atoms with Gasteiger partial charge in [-0.2, -0.15) is 8.78 Å². The summed E-state index contributed by atoms with van der Waals surface area (Å²) in [6, 6.07) is 3.33. The lowest BCUT2D eigenvalue weighted by Crippen LogP contribution is -2.51. The van der Waals surface area contributed by atoms with Crippen LogP contribution < -0.4 is 10.5 Å². The molecule has 0 spiro atoms. The zero-order valence-electron chi connectivity index (χ0n) is 14.0. The van der Waals surface area contributed by atoms with Gasteiger partial charge >= 0.3 is 12.3 Å². The summed E-state index contributed by atoms with van der Waals surface area (Å²) in [5, 5.41) is -0.112. The first-order valence-corrected chi connectivity index (χ1v) is 8.49. The smallest absolute Gasteiger partial charge is 0.319 e. The van der Waals surface area contributed by atoms with Crippen molar-refractivity contribution < 1.29 is 17.6 Å². The molecule has 27 heavy (non-hydrogen) atoms. The van der Waals surface area contributed by atoms with Crippen molar-refractivity contribution in [3.8, 4) is 11.4 Å². The highest BCUT2D eigenvalue weighted by Crippen LogP contribution is 2.27. The molecule has 1 aliphatic heterocycles. The normalized spacial score (nSPS) is 16.1. The molecule has 1 N–H and O–H groups in total. The third-order valence-electron chi connectivity index (χ3n) is 4.22. The van der Waals surface area contributed by atoms with Crippen LogP contribution in [0.3, 0.4) is 0 Å². The molecule has 1 saturated heterocycles. The molecule has 0 radical (unpaired) electrons. The van der Waals surface area contributed by atoms with E-state index in [1.807, 2.05) is 0 Å². The maximum absolute atomic E-state index is 13.2. The van der Waals surface area contributed by atoms with Crippen LogP contribution in [0, 0.1) is 0 Å². The summed E-state index contributed by atoms with van der Waals surface area (Å²) in [6.45, 7) is -0.316. The number of anilines is 1. The highest BCUT2D eigenvalue weighted by atomic mass is 35.5. The number of rotatable bonds is 5. The average Bonchev–Trinajstić information content (AvgIpc) is 2.65. The van der Waals surface area contributed by atoms with Gasteiger partial charge in [-0.05, 0) is 12.1 Å². The third kappa shape index (κ3) is 4.38. The lowest BCUT2D eigenvalue weighted by Gasteiger charge is -2.36. The Morgan fingerprint density at radius 1 is 1.19 bits per heavy atom. The minimum absolute atomic E-state index is 0.112. The Morgan fingerprint density at radius 2 is 1.81 bits per heavy atom. The van der Waals surface area contributed by atoms with E-state index in [0.29, 0.717) is 11.4 Å². The summed E-state index contributed by atoms with van der Waals surface area (Å²) >= 11 is 6.08. The molecule has 11 heteroatoms. The zero-order chi connectivity index (χ0) is 19.6. The monoisotopic (exact) mass is 405 g/mol. The first kappa shape index (κ1) is 19.6. The van der Waals surface area contributed by atoms with E-state index < -0.39 is 24.5 Å². The van der Waals surface area contributed by atoms with Gasteiger partial charge < -0.3 is 9.88 Å². The minimum Gasteiger partial charge on any atom is -0.353 e. The number of pyridine rings is 1. The van der Waals surface area contributed by atoms with Crippen LogP contribution in [0.2, 0.25) is 5.02 Å². The molecule has 2 aromatic heterocycles. The number of aromatic amines is 1. The van der Waals surface area contributed by atoms with Gasteiger partial charge in [0.05, 0.1) is 6.54 Å². The van der Waals surface area contributed by atoms with Crippen molar-refractivity contribution in [2.75, 3.05) is 37.6 Å². The molecule has 3 heterocycles. The number of nitrogens with one attached hydrogen (secondary N) is 1. The summed E-state index contributed by atoms with van der Waals surface area (Å²) < 4.78 is 51.1. The highest BCUT2D eigenvalue weighted by molar-refractivity contribution is 6.32. The van der Waals surface area contributed by atoms with Gasteiger partial charge in [0, 0.05) is 44.1 Å². The van der Waals surface area contributed by atoms with Crippen molar-refractivity contribution >= 4 is 17.4 Å². The molecule has 0 aromatic carbocycles. The zero-order valence-corrected chi connectivity index (χ0v) is 14.8. The molecule has 0 bridgehead atoms. The molecular formula is C16H16ClF4N5O. The maximum Gasteiger partial charge on any atom is 0.319 e. The Kier molecular flexibility index (Phi) is 5.66. The van der Waals surface area contributed by atoms with Crippen LogP contribution in [0.25, 0.3) is 11.4 Å². The fraction of sp³-hybridized carbons (Fsp3) is 0.438. The Bertz CT molecular complexity index is 840. The molecule has 0 atom stereocenters. The molecule has 2 aromatic rings. The topological polar surface area (TPSA) is 65.1 Å². The number of alkyl halides is 4. The van der Waals surface area contributed by atoms with Crippen molar-refractivity contribution in [1.82, 2.24) is 19.9 Å². The van der Waals surface area contributed by atoms with Crippen molar-refractivity contribution in [1.29, 1.82) is 0 Å². The lowest BCUT2D eigenvalue weighted by atomic mass is 10.2. The highest BCUT2D eigenvalue weighted by Gasteiger charge is 2.42. The van der Waals surface area contributed by atoms with Crippen LogP contribution in [-0.2, 0) is 0 Å². The molecule has 0 aliphatic carbocycles. The number of nitrogens with zero attached hydrogens (tertiary/aromatic N) is 4. The van der Waals surface area contributed by atoms with Crippen molar-refractivity contribution in [3.05, 3.63) is 39.9 Å². The molecule has 1 fully saturated rings. The summed E-state index contributed by atoms with van der Waals surface area (Å²) in [5.74, 6) is -3.53. The molecule has 0 unspecified atom stereocenters. The predicted octanol–water partition coefficient (Wildman–Crippen LogP) is 2.51. The van der Waals surface area contributed by atoms with E-state index in [9.17, 15) is 22.4 Å². The van der Waals surface area contributed by atoms with Gasteiger partial charge in [0.2, 0.25) is 0 Å². The van der Waals surface area contributed by atoms with Crippen LogP contribution in [0.5, 0.6) is 0 Å². The second-order valence-corrected chi connectivity index (χ2v) is 6.49. The van der Waals surface area contributed by atoms with Crippen LogP contribution in [0.15, 0.2) is 29.3 Å². The second kappa shape index (κ2) is 7.81. The molecule has 3 rings (SSSR count). The number of hydrogen-bond acceptors (Lipinski definition) is 5. The Balaban J connectivity index is 1.76. The van der Waals surface area contributed by atoms with Crippen molar-refractivity contribution in [3.63, 3.8) is 0 Å². The summed E-state index contributed by atoms with van der Waals surface area (Å²) in [7, 11) is 0. The number of halogens is 5. The largest absolute Gasteiger partial charge is 0.353 e. The van der Waals surface area contributed by atoms with Crippen molar-refractivity contribution in [2.24, 2.45) is 0 Å². The van der Waals surface area contributed by atoms with E-state index in [2.05, 4.69) is 15.0 Å². The van der Waals surface area contributed by atoms with Crippen LogP contribution >= 0.6 is 11.6 Å². The van der Waals surface area contributed by atoms with E-state index in [4.69, 9.17) is 11.6 Å². The van der Waals surface area contributed by atoms with E-state index in [0.717, 1.165) is 0 Å². The maximum atomic E-state index is 13.2. The Morgan fingerprint density at radius 3 is 2.41 bits per heavy atom. The summed E-state index contributed by atoms with van der Waals surface area (Å²) in [5.41, 5.74) is 0.107. The number of piperazine rings is 1. The summed E-state index contributed by atoms with van der Waals surface area (Å²) in [4.78, 5) is 25.9. The molecular weight excluding hydrogens is 390 g/mol. The minimum atomic E-state index is -4.06. The number of aromatic nitrogens is 3. The number of H-pyrrole nitrogens is 1. The van der Waals surface area contributed by atoms with E-state index >= 15 is 0 Å². The quantitative estimate of drug-likeness (QED) is 0.774. The van der Waals surface area contributed by atoms with Gasteiger partial charge in [-0.25, -0.2) is 13.8 Å². The van der Waals surface area contributed by atoms with Crippen LogP contribution in [0.4, 0.5) is 23.4 Å².